The fraction of sp³-hybridized carbons (Fsp3) is 0. The minimum Gasteiger partial charge on any atom is -0.454 e. The van der Waals surface area contributed by atoms with Gasteiger partial charge in [-0.2, -0.15) is 0 Å². The van der Waals surface area contributed by atoms with Crippen LogP contribution in [0.4, 0.5) is 0 Å². The number of hydrogen-bond acceptors (Lipinski definition) is 1. The maximum atomic E-state index is 6.60. The van der Waals surface area contributed by atoms with Crippen LogP contribution in [0.2, 0.25) is 0 Å². The van der Waals surface area contributed by atoms with E-state index < -0.39 is 0 Å². The first-order valence-corrected chi connectivity index (χ1v) is 15.4. The molecule has 3 aromatic heterocycles. The molecule has 0 saturated heterocycles. The zero-order valence-corrected chi connectivity index (χ0v) is 24.3. The maximum absolute atomic E-state index is 6.60. The molecular formula is C42H26N2O. The van der Waals surface area contributed by atoms with Crippen molar-refractivity contribution in [2.24, 2.45) is 0 Å². The number of rotatable bonds is 3. The van der Waals surface area contributed by atoms with Gasteiger partial charge in [0, 0.05) is 43.7 Å². The van der Waals surface area contributed by atoms with E-state index >= 15 is 0 Å². The van der Waals surface area contributed by atoms with Gasteiger partial charge in [-0.1, -0.05) is 103 Å². The summed E-state index contributed by atoms with van der Waals surface area (Å²) < 4.78 is 11.4. The van der Waals surface area contributed by atoms with Crippen molar-refractivity contribution in [2.75, 3.05) is 0 Å². The van der Waals surface area contributed by atoms with Gasteiger partial charge in [-0.3, -0.25) is 0 Å². The summed E-state index contributed by atoms with van der Waals surface area (Å²) in [6.45, 7) is 0. The lowest BCUT2D eigenvalue weighted by Crippen LogP contribution is -1.96. The number of para-hydroxylation sites is 3. The summed E-state index contributed by atoms with van der Waals surface area (Å²) in [7, 11) is 0. The molecule has 0 aliphatic heterocycles. The van der Waals surface area contributed by atoms with Gasteiger partial charge in [0.15, 0.2) is 5.58 Å². The molecule has 10 aromatic rings. The summed E-state index contributed by atoms with van der Waals surface area (Å²) in [4.78, 5) is 0. The van der Waals surface area contributed by atoms with Gasteiger partial charge in [0.25, 0.3) is 0 Å². The van der Waals surface area contributed by atoms with Crippen LogP contribution in [0, 0.1) is 0 Å². The lowest BCUT2D eigenvalue weighted by molar-refractivity contribution is 0.671. The SMILES string of the molecule is c1ccc(-c2cccc(-n3c4ccccc4c4cc(-n5c6ccccc6c6ccc7c8ccccc8oc7c65)ccc43)c2)cc1. The van der Waals surface area contributed by atoms with Crippen LogP contribution < -0.4 is 0 Å². The van der Waals surface area contributed by atoms with E-state index in [4.69, 9.17) is 4.42 Å². The van der Waals surface area contributed by atoms with Crippen molar-refractivity contribution in [1.29, 1.82) is 0 Å². The standard InChI is InChI=1S/C42H26N2O/c1-2-11-27(12-3-1)28-13-10-14-29(25-28)43-37-18-7-5-16-32(37)36-26-30(21-24-39(36)43)44-38-19-8-4-15-31(38)34-22-23-35-33-17-6-9-20-40(33)45-42(35)41(34)44/h1-26H. The number of fused-ring (bicyclic) bond motifs is 10. The monoisotopic (exact) mass is 574 g/mol. The number of hydrogen-bond donors (Lipinski definition) is 0. The molecule has 0 aliphatic carbocycles. The molecule has 0 N–H and O–H groups in total. The third kappa shape index (κ3) is 3.46. The summed E-state index contributed by atoms with van der Waals surface area (Å²) in [6.07, 6.45) is 0. The van der Waals surface area contributed by atoms with Crippen LogP contribution >= 0.6 is 0 Å². The van der Waals surface area contributed by atoms with Crippen molar-refractivity contribution in [2.45, 2.75) is 0 Å². The zero-order valence-electron chi connectivity index (χ0n) is 24.3. The van der Waals surface area contributed by atoms with Crippen LogP contribution in [0.1, 0.15) is 0 Å². The lowest BCUT2D eigenvalue weighted by Gasteiger charge is -2.12. The van der Waals surface area contributed by atoms with Gasteiger partial charge < -0.3 is 13.6 Å². The largest absolute Gasteiger partial charge is 0.454 e. The lowest BCUT2D eigenvalue weighted by atomic mass is 10.1. The van der Waals surface area contributed by atoms with Gasteiger partial charge in [-0.15, -0.1) is 0 Å². The second-order valence-electron chi connectivity index (χ2n) is 11.8. The minimum absolute atomic E-state index is 0.910. The van der Waals surface area contributed by atoms with Crippen LogP contribution in [0.15, 0.2) is 162 Å². The van der Waals surface area contributed by atoms with E-state index in [1.54, 1.807) is 0 Å². The predicted octanol–water partition coefficient (Wildman–Crippen LogP) is 11.4. The average molecular weight is 575 g/mol. The predicted molar refractivity (Wildman–Crippen MR) is 188 cm³/mol. The van der Waals surface area contributed by atoms with E-state index in [1.165, 1.54) is 49.2 Å². The molecule has 0 saturated carbocycles. The van der Waals surface area contributed by atoms with E-state index in [1.807, 2.05) is 6.07 Å². The molecule has 7 aromatic carbocycles. The Morgan fingerprint density at radius 3 is 1.82 bits per heavy atom. The highest BCUT2D eigenvalue weighted by Crippen LogP contribution is 2.41. The molecule has 0 fully saturated rings. The van der Waals surface area contributed by atoms with Crippen molar-refractivity contribution in [3.05, 3.63) is 158 Å². The molecule has 0 bridgehead atoms. The normalized spacial score (nSPS) is 12.0. The number of furan rings is 1. The molecule has 3 heterocycles. The highest BCUT2D eigenvalue weighted by molar-refractivity contribution is 6.21. The topological polar surface area (TPSA) is 23.0 Å². The smallest absolute Gasteiger partial charge is 0.160 e. The van der Waals surface area contributed by atoms with Crippen molar-refractivity contribution < 1.29 is 4.42 Å². The molecule has 0 amide bonds. The van der Waals surface area contributed by atoms with Gasteiger partial charge in [0.05, 0.1) is 22.1 Å². The first-order chi connectivity index (χ1) is 22.3. The molecule has 0 unspecified atom stereocenters. The Labute approximate surface area is 258 Å². The Balaban J connectivity index is 1.27. The summed E-state index contributed by atoms with van der Waals surface area (Å²) in [5.41, 5.74) is 11.2. The Kier molecular flexibility index (Phi) is 5.00. The molecule has 10 rings (SSSR count). The fourth-order valence-corrected chi connectivity index (χ4v) is 7.33. The molecule has 210 valence electrons. The minimum atomic E-state index is 0.910. The van der Waals surface area contributed by atoms with Gasteiger partial charge in [0.2, 0.25) is 0 Å². The Bertz CT molecular complexity index is 2760. The highest BCUT2D eigenvalue weighted by Gasteiger charge is 2.20. The summed E-state index contributed by atoms with van der Waals surface area (Å²) in [5.74, 6) is 0. The molecule has 45 heavy (non-hydrogen) atoms. The molecular weight excluding hydrogens is 548 g/mol. The molecule has 0 radical (unpaired) electrons. The molecule has 3 heteroatoms. The first kappa shape index (κ1) is 24.4. The van der Waals surface area contributed by atoms with E-state index in [9.17, 15) is 0 Å². The van der Waals surface area contributed by atoms with Crippen LogP contribution in [0.5, 0.6) is 0 Å². The van der Waals surface area contributed by atoms with Gasteiger partial charge in [0.1, 0.15) is 5.58 Å². The second kappa shape index (κ2) is 9.22. The van der Waals surface area contributed by atoms with E-state index in [-0.39, 0.29) is 0 Å². The number of aromatic nitrogens is 2. The third-order valence-corrected chi connectivity index (χ3v) is 9.31. The first-order valence-electron chi connectivity index (χ1n) is 15.4. The molecule has 0 aliphatic rings. The number of benzene rings is 7. The van der Waals surface area contributed by atoms with Gasteiger partial charge in [-0.05, 0) is 65.7 Å². The molecule has 0 spiro atoms. The van der Waals surface area contributed by atoms with Crippen LogP contribution in [-0.4, -0.2) is 9.13 Å². The van der Waals surface area contributed by atoms with Gasteiger partial charge >= 0.3 is 0 Å². The maximum Gasteiger partial charge on any atom is 0.160 e. The average Bonchev–Trinajstić information content (AvgIpc) is 3.76. The Hall–Kier alpha value is -6.06. The van der Waals surface area contributed by atoms with E-state index in [2.05, 4.69) is 161 Å². The van der Waals surface area contributed by atoms with Crippen molar-refractivity contribution >= 4 is 65.6 Å². The Morgan fingerprint density at radius 1 is 0.356 bits per heavy atom. The third-order valence-electron chi connectivity index (χ3n) is 9.31. The van der Waals surface area contributed by atoms with Crippen LogP contribution in [0.3, 0.4) is 0 Å². The Morgan fingerprint density at radius 2 is 0.978 bits per heavy atom. The van der Waals surface area contributed by atoms with E-state index in [0.717, 1.165) is 38.8 Å². The van der Waals surface area contributed by atoms with Crippen LogP contribution in [0.25, 0.3) is 88.1 Å². The summed E-state index contributed by atoms with van der Waals surface area (Å²) >= 11 is 0. The van der Waals surface area contributed by atoms with E-state index in [0.29, 0.717) is 0 Å². The highest BCUT2D eigenvalue weighted by atomic mass is 16.3. The molecule has 0 atom stereocenters. The fourth-order valence-electron chi connectivity index (χ4n) is 7.33. The molecule has 3 nitrogen and oxygen atoms in total. The summed E-state index contributed by atoms with van der Waals surface area (Å²) in [5, 5.41) is 7.14. The van der Waals surface area contributed by atoms with Crippen molar-refractivity contribution in [1.82, 2.24) is 9.13 Å². The second-order valence-corrected chi connectivity index (χ2v) is 11.8. The van der Waals surface area contributed by atoms with Gasteiger partial charge in [-0.25, -0.2) is 0 Å². The van der Waals surface area contributed by atoms with Crippen molar-refractivity contribution in [3.63, 3.8) is 0 Å². The number of nitrogens with zero attached hydrogens (tertiary/aromatic N) is 2. The zero-order chi connectivity index (χ0) is 29.5. The van der Waals surface area contributed by atoms with Crippen molar-refractivity contribution in [3.8, 4) is 22.5 Å². The quantitative estimate of drug-likeness (QED) is 0.206. The van der Waals surface area contributed by atoms with Crippen LogP contribution in [-0.2, 0) is 0 Å². The summed E-state index contributed by atoms with van der Waals surface area (Å²) in [6, 6.07) is 56.5.